The van der Waals surface area contributed by atoms with E-state index in [-0.39, 0.29) is 31.0 Å². The van der Waals surface area contributed by atoms with Gasteiger partial charge in [-0.05, 0) is 42.8 Å². The van der Waals surface area contributed by atoms with Gasteiger partial charge in [-0.15, -0.1) is 0 Å². The Morgan fingerprint density at radius 2 is 2.14 bits per heavy atom. The summed E-state index contributed by atoms with van der Waals surface area (Å²) in [6, 6.07) is 10.9. The largest absolute Gasteiger partial charge is 0.491 e. The van der Waals surface area contributed by atoms with Gasteiger partial charge in [0, 0.05) is 17.5 Å². The Hall–Kier alpha value is -2.27. The van der Waals surface area contributed by atoms with Crippen LogP contribution in [-0.2, 0) is 4.79 Å². The highest BCUT2D eigenvalue weighted by molar-refractivity contribution is 5.95. The van der Waals surface area contributed by atoms with Crippen molar-refractivity contribution in [2.75, 3.05) is 18.5 Å². The molecular weight excluding hydrogens is 270 g/mol. The molecule has 1 amide bonds. The van der Waals surface area contributed by atoms with Crippen molar-refractivity contribution in [3.05, 3.63) is 48.4 Å². The summed E-state index contributed by atoms with van der Waals surface area (Å²) in [5.41, 5.74) is 0.737. The van der Waals surface area contributed by atoms with Gasteiger partial charge in [-0.25, -0.2) is 0 Å². The van der Waals surface area contributed by atoms with Gasteiger partial charge in [0.05, 0.1) is 12.9 Å². The molecule has 1 fully saturated rings. The van der Waals surface area contributed by atoms with Crippen LogP contribution in [0.5, 0.6) is 5.75 Å². The van der Waals surface area contributed by atoms with Crippen LogP contribution in [0.4, 0.5) is 5.69 Å². The molecule has 0 bridgehead atoms. The average Bonchev–Trinajstić information content (AvgIpc) is 3.13. The van der Waals surface area contributed by atoms with Crippen molar-refractivity contribution in [2.45, 2.75) is 12.3 Å². The molecule has 0 aliphatic heterocycles. The van der Waals surface area contributed by atoms with E-state index < -0.39 is 0 Å². The lowest BCUT2D eigenvalue weighted by atomic mass is 10.2. The molecule has 1 aromatic carbocycles. The highest BCUT2D eigenvalue weighted by Gasteiger charge is 2.45. The van der Waals surface area contributed by atoms with E-state index in [0.717, 1.165) is 17.9 Å². The first-order chi connectivity index (χ1) is 10.3. The number of nitrogens with one attached hydrogen (secondary N) is 1. The Balaban J connectivity index is 1.54. The lowest BCUT2D eigenvalue weighted by Gasteiger charge is -2.07. The van der Waals surface area contributed by atoms with Gasteiger partial charge in [-0.1, -0.05) is 0 Å². The van der Waals surface area contributed by atoms with Crippen molar-refractivity contribution in [1.29, 1.82) is 0 Å². The number of carbonyl (C=O) groups excluding carboxylic acids is 1. The highest BCUT2D eigenvalue weighted by atomic mass is 16.5. The lowest BCUT2D eigenvalue weighted by molar-refractivity contribution is -0.117. The molecule has 2 N–H and O–H groups in total. The molecule has 1 heterocycles. The first-order valence-electron chi connectivity index (χ1n) is 6.96. The van der Waals surface area contributed by atoms with E-state index in [0.29, 0.717) is 5.75 Å². The second-order valence-corrected chi connectivity index (χ2v) is 5.05. The summed E-state index contributed by atoms with van der Waals surface area (Å²) >= 11 is 0. The summed E-state index contributed by atoms with van der Waals surface area (Å²) in [7, 11) is 0. The molecule has 0 saturated heterocycles. The number of hydrogen-bond acceptors (Lipinski definition) is 4. The molecule has 1 aliphatic rings. The highest BCUT2D eigenvalue weighted by Crippen LogP contribution is 2.48. The van der Waals surface area contributed by atoms with Crippen molar-refractivity contribution >= 4 is 11.6 Å². The minimum atomic E-state index is -0.0195. The van der Waals surface area contributed by atoms with E-state index in [2.05, 4.69) is 5.32 Å². The zero-order chi connectivity index (χ0) is 14.7. The zero-order valence-electron chi connectivity index (χ0n) is 11.5. The standard InChI is InChI=1S/C16H17NO4/c18-7-9-20-12-5-3-11(4-6-12)17-16(19)14-10-13(14)15-2-1-8-21-15/h1-6,8,13-14,18H,7,9-10H2,(H,17,19). The zero-order valence-corrected chi connectivity index (χ0v) is 11.5. The fourth-order valence-corrected chi connectivity index (χ4v) is 2.33. The number of furan rings is 1. The molecule has 0 radical (unpaired) electrons. The van der Waals surface area contributed by atoms with Crippen LogP contribution in [-0.4, -0.2) is 24.2 Å². The number of ether oxygens (including phenoxy) is 1. The summed E-state index contributed by atoms with van der Waals surface area (Å²) in [5, 5.41) is 11.6. The molecule has 3 rings (SSSR count). The molecule has 2 atom stereocenters. The maximum absolute atomic E-state index is 12.1. The maximum Gasteiger partial charge on any atom is 0.228 e. The van der Waals surface area contributed by atoms with Gasteiger partial charge in [0.2, 0.25) is 5.91 Å². The molecule has 1 aliphatic carbocycles. The van der Waals surface area contributed by atoms with Gasteiger partial charge in [0.1, 0.15) is 18.1 Å². The van der Waals surface area contributed by atoms with Crippen LogP contribution in [0.3, 0.4) is 0 Å². The molecule has 110 valence electrons. The van der Waals surface area contributed by atoms with Gasteiger partial charge in [-0.3, -0.25) is 4.79 Å². The summed E-state index contributed by atoms with van der Waals surface area (Å²) < 4.78 is 10.6. The molecule has 5 nitrogen and oxygen atoms in total. The quantitative estimate of drug-likeness (QED) is 0.855. The third kappa shape index (κ3) is 3.25. The number of carbonyl (C=O) groups is 1. The second kappa shape index (κ2) is 6.01. The Bertz CT molecular complexity index is 591. The van der Waals surface area contributed by atoms with Crippen LogP contribution in [0.2, 0.25) is 0 Å². The van der Waals surface area contributed by atoms with Gasteiger partial charge < -0.3 is 19.6 Å². The fraction of sp³-hybridized carbons (Fsp3) is 0.312. The van der Waals surface area contributed by atoms with Crippen LogP contribution in [0.25, 0.3) is 0 Å². The third-order valence-corrected chi connectivity index (χ3v) is 3.52. The molecule has 5 heteroatoms. The van der Waals surface area contributed by atoms with E-state index in [4.69, 9.17) is 14.3 Å². The minimum absolute atomic E-state index is 0.0125. The second-order valence-electron chi connectivity index (χ2n) is 5.05. The normalized spacial score (nSPS) is 20.0. The molecule has 0 spiro atoms. The van der Waals surface area contributed by atoms with Gasteiger partial charge in [0.25, 0.3) is 0 Å². The van der Waals surface area contributed by atoms with E-state index in [9.17, 15) is 4.79 Å². The Kier molecular flexibility index (Phi) is 3.92. The fourth-order valence-electron chi connectivity index (χ4n) is 2.33. The van der Waals surface area contributed by atoms with Crippen molar-refractivity contribution in [3.8, 4) is 5.75 Å². The number of anilines is 1. The Morgan fingerprint density at radius 3 is 2.81 bits per heavy atom. The van der Waals surface area contributed by atoms with Crippen LogP contribution in [0.15, 0.2) is 47.1 Å². The van der Waals surface area contributed by atoms with Gasteiger partial charge >= 0.3 is 0 Å². The lowest BCUT2D eigenvalue weighted by Crippen LogP contribution is -2.14. The van der Waals surface area contributed by atoms with Gasteiger partial charge in [-0.2, -0.15) is 0 Å². The van der Waals surface area contributed by atoms with Crippen molar-refractivity contribution in [2.24, 2.45) is 5.92 Å². The molecule has 2 unspecified atom stereocenters. The van der Waals surface area contributed by atoms with E-state index in [1.807, 2.05) is 12.1 Å². The Morgan fingerprint density at radius 1 is 1.33 bits per heavy atom. The molecule has 1 aromatic heterocycles. The molecular formula is C16H17NO4. The molecule has 21 heavy (non-hydrogen) atoms. The molecule has 2 aromatic rings. The minimum Gasteiger partial charge on any atom is -0.491 e. The first kappa shape index (κ1) is 13.7. The SMILES string of the molecule is O=C(Nc1ccc(OCCO)cc1)C1CC1c1ccco1. The predicted octanol–water partition coefficient (Wildman–Crippen LogP) is 2.39. The summed E-state index contributed by atoms with van der Waals surface area (Å²) in [5.74, 6) is 1.75. The summed E-state index contributed by atoms with van der Waals surface area (Å²) in [4.78, 5) is 12.1. The monoisotopic (exact) mass is 287 g/mol. The first-order valence-corrected chi connectivity index (χ1v) is 6.96. The number of amides is 1. The predicted molar refractivity (Wildman–Crippen MR) is 77.2 cm³/mol. The van der Waals surface area contributed by atoms with Crippen LogP contribution in [0.1, 0.15) is 18.1 Å². The van der Waals surface area contributed by atoms with E-state index in [1.165, 1.54) is 0 Å². The number of rotatable bonds is 6. The smallest absolute Gasteiger partial charge is 0.228 e. The third-order valence-electron chi connectivity index (χ3n) is 3.52. The Labute approximate surface area is 122 Å². The van der Waals surface area contributed by atoms with E-state index >= 15 is 0 Å². The number of hydrogen-bond donors (Lipinski definition) is 2. The van der Waals surface area contributed by atoms with Crippen molar-refractivity contribution < 1.29 is 19.1 Å². The van der Waals surface area contributed by atoms with Crippen LogP contribution < -0.4 is 10.1 Å². The number of aliphatic hydroxyl groups excluding tert-OH is 1. The molecule has 1 saturated carbocycles. The summed E-state index contributed by atoms with van der Waals surface area (Å²) in [6.45, 7) is 0.243. The number of benzene rings is 1. The van der Waals surface area contributed by atoms with E-state index in [1.54, 1.807) is 30.5 Å². The van der Waals surface area contributed by atoms with Crippen molar-refractivity contribution in [1.82, 2.24) is 0 Å². The van der Waals surface area contributed by atoms with Crippen molar-refractivity contribution in [3.63, 3.8) is 0 Å². The summed E-state index contributed by atoms with van der Waals surface area (Å²) in [6.07, 6.45) is 2.46. The van der Waals surface area contributed by atoms with Gasteiger partial charge in [0.15, 0.2) is 0 Å². The number of aliphatic hydroxyl groups is 1. The maximum atomic E-state index is 12.1. The van der Waals surface area contributed by atoms with Crippen LogP contribution >= 0.6 is 0 Å². The average molecular weight is 287 g/mol. The topological polar surface area (TPSA) is 71.7 Å². The van der Waals surface area contributed by atoms with Crippen LogP contribution in [0, 0.1) is 5.92 Å².